The van der Waals surface area contributed by atoms with Crippen LogP contribution in [0, 0.1) is 0 Å². The summed E-state index contributed by atoms with van der Waals surface area (Å²) in [7, 11) is -3.33. The van der Waals surface area contributed by atoms with Crippen LogP contribution < -0.4 is 11.1 Å². The van der Waals surface area contributed by atoms with E-state index < -0.39 is 9.84 Å². The fraction of sp³-hybridized carbons (Fsp3) is 0.278. The lowest BCUT2D eigenvalue weighted by atomic mass is 10.1. The van der Waals surface area contributed by atoms with Crippen LogP contribution in [0.2, 0.25) is 5.02 Å². The highest BCUT2D eigenvalue weighted by molar-refractivity contribution is 7.90. The van der Waals surface area contributed by atoms with Gasteiger partial charge in [0.2, 0.25) is 0 Å². The first-order valence-electron chi connectivity index (χ1n) is 8.00. The molecule has 0 amide bonds. The molecule has 0 atom stereocenters. The smallest absolute Gasteiger partial charge is 0.193 e. The SMILES string of the molecule is CS(=O)(=O)c1ccc(CN=C(N)Nc2ccc3c(c2)CCC3)cc1Cl. The number of halogens is 1. The van der Waals surface area contributed by atoms with Gasteiger partial charge in [-0.1, -0.05) is 23.7 Å². The van der Waals surface area contributed by atoms with Crippen molar-refractivity contribution < 1.29 is 8.42 Å². The summed E-state index contributed by atoms with van der Waals surface area (Å²) in [5.41, 5.74) is 10.4. The Kier molecular flexibility index (Phi) is 5.01. The molecule has 0 unspecified atom stereocenters. The van der Waals surface area contributed by atoms with Crippen LogP contribution >= 0.6 is 11.6 Å². The maximum Gasteiger partial charge on any atom is 0.193 e. The lowest BCUT2D eigenvalue weighted by Gasteiger charge is -2.08. The van der Waals surface area contributed by atoms with Crippen LogP contribution in [0.1, 0.15) is 23.1 Å². The minimum atomic E-state index is -3.33. The van der Waals surface area contributed by atoms with Crippen molar-refractivity contribution in [2.75, 3.05) is 11.6 Å². The number of fused-ring (bicyclic) bond motifs is 1. The van der Waals surface area contributed by atoms with Crippen molar-refractivity contribution in [1.29, 1.82) is 0 Å². The topological polar surface area (TPSA) is 84.5 Å². The molecular formula is C18H20ClN3O2S. The summed E-state index contributed by atoms with van der Waals surface area (Å²) in [6, 6.07) is 11.0. The Labute approximate surface area is 152 Å². The first-order chi connectivity index (χ1) is 11.8. The van der Waals surface area contributed by atoms with E-state index in [9.17, 15) is 8.42 Å². The summed E-state index contributed by atoms with van der Waals surface area (Å²) in [6.45, 7) is 0.313. The molecule has 1 aliphatic carbocycles. The van der Waals surface area contributed by atoms with Crippen molar-refractivity contribution in [3.8, 4) is 0 Å². The summed E-state index contributed by atoms with van der Waals surface area (Å²) >= 11 is 6.04. The lowest BCUT2D eigenvalue weighted by molar-refractivity contribution is 0.602. The minimum absolute atomic E-state index is 0.117. The summed E-state index contributed by atoms with van der Waals surface area (Å²) in [5.74, 6) is 0.307. The largest absolute Gasteiger partial charge is 0.370 e. The van der Waals surface area contributed by atoms with Crippen LogP contribution in [-0.4, -0.2) is 20.6 Å². The highest BCUT2D eigenvalue weighted by atomic mass is 35.5. The van der Waals surface area contributed by atoms with Crippen molar-refractivity contribution in [3.63, 3.8) is 0 Å². The van der Waals surface area contributed by atoms with Gasteiger partial charge in [-0.25, -0.2) is 13.4 Å². The molecule has 0 saturated heterocycles. The van der Waals surface area contributed by atoms with Crippen molar-refractivity contribution in [2.24, 2.45) is 10.7 Å². The van der Waals surface area contributed by atoms with Gasteiger partial charge in [-0.2, -0.15) is 0 Å². The van der Waals surface area contributed by atoms with Gasteiger partial charge < -0.3 is 11.1 Å². The maximum atomic E-state index is 11.6. The van der Waals surface area contributed by atoms with Gasteiger partial charge in [-0.15, -0.1) is 0 Å². The molecule has 3 N–H and O–H groups in total. The van der Waals surface area contributed by atoms with Crippen LogP contribution in [0.4, 0.5) is 5.69 Å². The third-order valence-corrected chi connectivity index (χ3v) is 5.78. The van der Waals surface area contributed by atoms with Crippen molar-refractivity contribution in [1.82, 2.24) is 0 Å². The zero-order chi connectivity index (χ0) is 18.0. The standard InChI is InChI=1S/C18H20ClN3O2S/c1-25(23,24)17-8-5-12(9-16(17)19)11-21-18(20)22-15-7-6-13-3-2-4-14(13)10-15/h5-10H,2-4,11H2,1H3,(H3,20,21,22). The first-order valence-corrected chi connectivity index (χ1v) is 10.3. The van der Waals surface area contributed by atoms with E-state index in [0.717, 1.165) is 30.3 Å². The van der Waals surface area contributed by atoms with Gasteiger partial charge in [0.15, 0.2) is 15.8 Å². The summed E-state index contributed by atoms with van der Waals surface area (Å²) in [5, 5.41) is 3.29. The van der Waals surface area contributed by atoms with Crippen molar-refractivity contribution >= 4 is 33.1 Å². The number of nitrogens with one attached hydrogen (secondary N) is 1. The molecule has 0 aromatic heterocycles. The number of aliphatic imine (C=N–C) groups is 1. The molecule has 25 heavy (non-hydrogen) atoms. The molecule has 0 aliphatic heterocycles. The van der Waals surface area contributed by atoms with Crippen LogP contribution in [-0.2, 0) is 29.2 Å². The Balaban J connectivity index is 1.68. The Hall–Kier alpha value is -2.05. The van der Waals surface area contributed by atoms with E-state index in [4.69, 9.17) is 17.3 Å². The van der Waals surface area contributed by atoms with E-state index in [0.29, 0.717) is 12.5 Å². The predicted octanol–water partition coefficient (Wildman–Crippen LogP) is 3.16. The quantitative estimate of drug-likeness (QED) is 0.633. The zero-order valence-corrected chi connectivity index (χ0v) is 15.5. The van der Waals surface area contributed by atoms with Gasteiger partial charge in [-0.05, 0) is 60.2 Å². The molecule has 0 radical (unpaired) electrons. The molecular weight excluding hydrogens is 358 g/mol. The van der Waals surface area contributed by atoms with Gasteiger partial charge in [0.05, 0.1) is 16.5 Å². The van der Waals surface area contributed by atoms with Gasteiger partial charge in [-0.3, -0.25) is 0 Å². The Bertz CT molecular complexity index is 939. The molecule has 0 saturated carbocycles. The molecule has 0 fully saturated rings. The highest BCUT2D eigenvalue weighted by Crippen LogP contribution is 2.25. The molecule has 3 rings (SSSR count). The summed E-state index contributed by atoms with van der Waals surface area (Å²) in [6.07, 6.45) is 4.58. The van der Waals surface area contributed by atoms with E-state index >= 15 is 0 Å². The zero-order valence-electron chi connectivity index (χ0n) is 13.9. The second-order valence-corrected chi connectivity index (χ2v) is 8.59. The van der Waals surface area contributed by atoms with E-state index in [1.807, 2.05) is 6.07 Å². The number of hydrogen-bond donors (Lipinski definition) is 2. The highest BCUT2D eigenvalue weighted by Gasteiger charge is 2.13. The maximum absolute atomic E-state index is 11.6. The number of anilines is 1. The average Bonchev–Trinajstić information content (AvgIpc) is 2.99. The van der Waals surface area contributed by atoms with E-state index in [1.165, 1.54) is 23.6 Å². The Morgan fingerprint density at radius 2 is 1.96 bits per heavy atom. The van der Waals surface area contributed by atoms with Crippen molar-refractivity contribution in [3.05, 3.63) is 58.1 Å². The van der Waals surface area contributed by atoms with Crippen LogP contribution in [0.15, 0.2) is 46.3 Å². The third-order valence-electron chi connectivity index (χ3n) is 4.20. The van der Waals surface area contributed by atoms with Gasteiger partial charge in [0, 0.05) is 11.9 Å². The average molecular weight is 378 g/mol. The minimum Gasteiger partial charge on any atom is -0.370 e. The van der Waals surface area contributed by atoms with E-state index in [-0.39, 0.29) is 9.92 Å². The van der Waals surface area contributed by atoms with Gasteiger partial charge in [0.1, 0.15) is 0 Å². The molecule has 7 heteroatoms. The molecule has 1 aliphatic rings. The number of guanidine groups is 1. The predicted molar refractivity (Wildman–Crippen MR) is 102 cm³/mol. The van der Waals surface area contributed by atoms with Gasteiger partial charge in [0.25, 0.3) is 0 Å². The third kappa shape index (κ3) is 4.32. The first kappa shape index (κ1) is 17.8. The van der Waals surface area contributed by atoms with E-state index in [2.05, 4.69) is 22.4 Å². The molecule has 2 aromatic rings. The second kappa shape index (κ2) is 7.06. The summed E-state index contributed by atoms with van der Waals surface area (Å²) in [4.78, 5) is 4.41. The van der Waals surface area contributed by atoms with Crippen LogP contribution in [0.25, 0.3) is 0 Å². The van der Waals surface area contributed by atoms with Crippen LogP contribution in [0.5, 0.6) is 0 Å². The molecule has 132 valence electrons. The van der Waals surface area contributed by atoms with E-state index in [1.54, 1.807) is 12.1 Å². The lowest BCUT2D eigenvalue weighted by Crippen LogP contribution is -2.22. The number of nitrogens with zero attached hydrogens (tertiary/aromatic N) is 1. The number of hydrogen-bond acceptors (Lipinski definition) is 3. The molecule has 0 bridgehead atoms. The monoisotopic (exact) mass is 377 g/mol. The number of nitrogens with two attached hydrogens (primary N) is 1. The molecule has 0 heterocycles. The van der Waals surface area contributed by atoms with Crippen molar-refractivity contribution in [2.45, 2.75) is 30.7 Å². The fourth-order valence-electron chi connectivity index (χ4n) is 2.96. The van der Waals surface area contributed by atoms with Gasteiger partial charge >= 0.3 is 0 Å². The normalized spacial score (nSPS) is 14.4. The van der Waals surface area contributed by atoms with Crippen LogP contribution in [0.3, 0.4) is 0 Å². The second-order valence-electron chi connectivity index (χ2n) is 6.20. The fourth-order valence-corrected chi connectivity index (χ4v) is 4.31. The Morgan fingerprint density at radius 3 is 2.68 bits per heavy atom. The Morgan fingerprint density at radius 1 is 1.20 bits per heavy atom. The summed E-state index contributed by atoms with van der Waals surface area (Å²) < 4.78 is 23.1. The number of aryl methyl sites for hydroxylation is 2. The number of sulfone groups is 1. The molecule has 0 spiro atoms. The number of benzene rings is 2. The molecule has 2 aromatic carbocycles. The number of rotatable bonds is 4. The molecule has 5 nitrogen and oxygen atoms in total.